The first-order chi connectivity index (χ1) is 16.3. The lowest BCUT2D eigenvalue weighted by Gasteiger charge is -2.10. The van der Waals surface area contributed by atoms with E-state index in [1.54, 1.807) is 36.7 Å². The molecule has 2 aromatic carbocycles. The maximum Gasteiger partial charge on any atom is 0.257 e. The Bertz CT molecular complexity index is 1560. The third-order valence-electron chi connectivity index (χ3n) is 5.18. The number of nitrogens with two attached hydrogens (primary N) is 1. The van der Waals surface area contributed by atoms with Gasteiger partial charge in [0.2, 0.25) is 9.84 Å². The molecule has 1 aliphatic rings. The Morgan fingerprint density at radius 1 is 1.06 bits per heavy atom. The Morgan fingerprint density at radius 2 is 1.88 bits per heavy atom. The monoisotopic (exact) mass is 491 g/mol. The molecule has 0 saturated heterocycles. The van der Waals surface area contributed by atoms with E-state index < -0.39 is 21.7 Å². The molecule has 0 saturated carbocycles. The molecule has 1 aliphatic heterocycles. The van der Waals surface area contributed by atoms with Gasteiger partial charge in [0, 0.05) is 28.5 Å². The third-order valence-corrected chi connectivity index (χ3v) is 8.07. The molecule has 0 unspecified atom stereocenters. The maximum atomic E-state index is 13.1. The van der Waals surface area contributed by atoms with E-state index in [-0.39, 0.29) is 33.2 Å². The smallest absolute Gasteiger partial charge is 0.257 e. The number of carbonyl (C=O) groups excluding carboxylic acids is 2. The molecule has 5 rings (SSSR count). The summed E-state index contributed by atoms with van der Waals surface area (Å²) in [6.07, 6.45) is 3.25. The average Bonchev–Trinajstić information content (AvgIpc) is 3.28. The van der Waals surface area contributed by atoms with E-state index in [0.29, 0.717) is 16.4 Å². The number of rotatable bonds is 4. The maximum absolute atomic E-state index is 13.1. The number of amides is 2. The normalized spacial score (nSPS) is 13.8. The lowest BCUT2D eigenvalue weighted by atomic mass is 10.1. The molecule has 2 amide bonds. The molecule has 0 bridgehead atoms. The first kappa shape index (κ1) is 21.7. The van der Waals surface area contributed by atoms with Crippen LogP contribution in [0.5, 0.6) is 0 Å². The van der Waals surface area contributed by atoms with E-state index in [1.807, 2.05) is 0 Å². The topological polar surface area (TPSA) is 144 Å². The molecule has 0 aliphatic carbocycles. The van der Waals surface area contributed by atoms with Crippen molar-refractivity contribution in [3.05, 3.63) is 83.0 Å². The predicted octanol–water partition coefficient (Wildman–Crippen LogP) is 3.12. The van der Waals surface area contributed by atoms with Crippen LogP contribution in [-0.2, 0) is 16.4 Å². The number of nitrogens with zero attached hydrogens (tertiary/aromatic N) is 2. The fraction of sp³-hybridized carbons (Fsp3) is 0.0435. The quantitative estimate of drug-likeness (QED) is 0.398. The number of thiazole rings is 1. The Kier molecular flexibility index (Phi) is 5.34. The number of hydrogen-bond acceptors (Lipinski definition) is 8. The highest BCUT2D eigenvalue weighted by Gasteiger charge is 2.31. The Labute approximate surface area is 198 Å². The van der Waals surface area contributed by atoms with Gasteiger partial charge in [0.25, 0.3) is 11.8 Å². The molecule has 34 heavy (non-hydrogen) atoms. The third kappa shape index (κ3) is 3.91. The number of anilines is 2. The zero-order valence-electron chi connectivity index (χ0n) is 17.5. The van der Waals surface area contributed by atoms with Crippen LogP contribution in [0.15, 0.2) is 76.8 Å². The van der Waals surface area contributed by atoms with Gasteiger partial charge >= 0.3 is 0 Å². The highest BCUT2D eigenvalue weighted by molar-refractivity contribution is 7.91. The Hall–Kier alpha value is -4.09. The second kappa shape index (κ2) is 8.36. The molecule has 2 aromatic heterocycles. The average molecular weight is 492 g/mol. The molecule has 3 heterocycles. The molecule has 0 radical (unpaired) electrons. The van der Waals surface area contributed by atoms with Crippen LogP contribution in [0.1, 0.15) is 25.6 Å². The van der Waals surface area contributed by atoms with Crippen molar-refractivity contribution in [3.8, 4) is 10.7 Å². The van der Waals surface area contributed by atoms with Crippen molar-refractivity contribution in [2.45, 2.75) is 16.3 Å². The van der Waals surface area contributed by atoms with Gasteiger partial charge in [0.1, 0.15) is 10.7 Å². The van der Waals surface area contributed by atoms with Crippen LogP contribution in [0, 0.1) is 0 Å². The minimum Gasteiger partial charge on any atom is -0.399 e. The molecular formula is C23H17N5O4S2. The van der Waals surface area contributed by atoms with Gasteiger partial charge < -0.3 is 16.4 Å². The summed E-state index contributed by atoms with van der Waals surface area (Å²) in [7, 11) is -3.93. The fourth-order valence-electron chi connectivity index (χ4n) is 3.54. The van der Waals surface area contributed by atoms with Gasteiger partial charge in [0.05, 0.1) is 27.6 Å². The zero-order valence-corrected chi connectivity index (χ0v) is 19.1. The van der Waals surface area contributed by atoms with Crippen molar-refractivity contribution in [3.63, 3.8) is 0 Å². The van der Waals surface area contributed by atoms with E-state index in [2.05, 4.69) is 20.6 Å². The number of aromatic nitrogens is 2. The fourth-order valence-corrected chi connectivity index (χ4v) is 5.95. The second-order valence-corrected chi connectivity index (χ2v) is 10.5. The van der Waals surface area contributed by atoms with Crippen molar-refractivity contribution in [1.29, 1.82) is 0 Å². The largest absolute Gasteiger partial charge is 0.399 e. The molecule has 0 spiro atoms. The summed E-state index contributed by atoms with van der Waals surface area (Å²) in [6, 6.07) is 13.5. The second-order valence-electron chi connectivity index (χ2n) is 7.45. The number of benzene rings is 2. The number of carbonyl (C=O) groups is 2. The minimum atomic E-state index is -3.93. The highest BCUT2D eigenvalue weighted by atomic mass is 32.2. The standard InChI is InChI=1S/C23H17N5O4S2/c24-14-7-8-25-18(10-14)23-27-12-15(33-23)11-26-21(29)13-5-6-20-17(9-13)28-22(30)16-3-1-2-4-19(16)34(20,31)32/h1-10,12H,11H2,(H2,24,25)(H,26,29)(H,28,30). The lowest BCUT2D eigenvalue weighted by Crippen LogP contribution is -2.22. The number of hydrogen-bond donors (Lipinski definition) is 3. The summed E-state index contributed by atoms with van der Waals surface area (Å²) in [5.41, 5.74) is 7.34. The molecule has 9 nitrogen and oxygen atoms in total. The first-order valence-corrected chi connectivity index (χ1v) is 12.4. The van der Waals surface area contributed by atoms with Gasteiger partial charge in [-0.3, -0.25) is 14.6 Å². The molecule has 4 aromatic rings. The molecule has 0 fully saturated rings. The van der Waals surface area contributed by atoms with Crippen molar-refractivity contribution >= 4 is 44.4 Å². The summed E-state index contributed by atoms with van der Waals surface area (Å²) in [5.74, 6) is -0.976. The SMILES string of the molecule is Nc1ccnc(-c2ncc(CNC(=O)c3ccc4c(c3)NC(=O)c3ccccc3S4(=O)=O)s2)c1. The Morgan fingerprint density at radius 3 is 2.71 bits per heavy atom. The summed E-state index contributed by atoms with van der Waals surface area (Å²) >= 11 is 1.37. The van der Waals surface area contributed by atoms with Crippen LogP contribution in [0.25, 0.3) is 10.7 Å². The predicted molar refractivity (Wildman–Crippen MR) is 127 cm³/mol. The number of pyridine rings is 1. The van der Waals surface area contributed by atoms with E-state index in [4.69, 9.17) is 5.73 Å². The van der Waals surface area contributed by atoms with Gasteiger partial charge in [-0.05, 0) is 42.5 Å². The minimum absolute atomic E-state index is 0.0559. The van der Waals surface area contributed by atoms with Crippen molar-refractivity contribution in [1.82, 2.24) is 15.3 Å². The summed E-state index contributed by atoms with van der Waals surface area (Å²) in [4.78, 5) is 34.6. The van der Waals surface area contributed by atoms with Crippen molar-refractivity contribution in [2.24, 2.45) is 0 Å². The van der Waals surface area contributed by atoms with E-state index in [0.717, 1.165) is 4.88 Å². The van der Waals surface area contributed by atoms with Crippen LogP contribution in [0.4, 0.5) is 11.4 Å². The summed E-state index contributed by atoms with van der Waals surface area (Å²) in [6.45, 7) is 0.214. The van der Waals surface area contributed by atoms with Crippen LogP contribution in [0.3, 0.4) is 0 Å². The molecule has 0 atom stereocenters. The van der Waals surface area contributed by atoms with Gasteiger partial charge in [0.15, 0.2) is 0 Å². The molecule has 170 valence electrons. The first-order valence-electron chi connectivity index (χ1n) is 10.1. The zero-order chi connectivity index (χ0) is 23.9. The molecule has 11 heteroatoms. The van der Waals surface area contributed by atoms with Crippen LogP contribution >= 0.6 is 11.3 Å². The van der Waals surface area contributed by atoms with Crippen molar-refractivity contribution < 1.29 is 18.0 Å². The van der Waals surface area contributed by atoms with Crippen LogP contribution < -0.4 is 16.4 Å². The summed E-state index contributed by atoms with van der Waals surface area (Å²) in [5, 5.41) is 6.07. The number of sulfone groups is 1. The molecule has 4 N–H and O–H groups in total. The lowest BCUT2D eigenvalue weighted by molar-refractivity contribution is 0.0949. The number of nitrogens with one attached hydrogen (secondary N) is 2. The summed E-state index contributed by atoms with van der Waals surface area (Å²) < 4.78 is 26.2. The van der Waals surface area contributed by atoms with Gasteiger partial charge in [-0.25, -0.2) is 13.4 Å². The van der Waals surface area contributed by atoms with E-state index >= 15 is 0 Å². The van der Waals surface area contributed by atoms with Crippen LogP contribution in [-0.4, -0.2) is 30.2 Å². The number of fused-ring (bicyclic) bond motifs is 2. The number of nitrogen functional groups attached to an aromatic ring is 1. The van der Waals surface area contributed by atoms with Gasteiger partial charge in [-0.1, -0.05) is 12.1 Å². The highest BCUT2D eigenvalue weighted by Crippen LogP contribution is 2.34. The molecular weight excluding hydrogens is 474 g/mol. The Balaban J connectivity index is 1.36. The van der Waals surface area contributed by atoms with Crippen molar-refractivity contribution in [2.75, 3.05) is 11.1 Å². The van der Waals surface area contributed by atoms with Gasteiger partial charge in [-0.15, -0.1) is 11.3 Å². The van der Waals surface area contributed by atoms with Crippen LogP contribution in [0.2, 0.25) is 0 Å². The van der Waals surface area contributed by atoms with E-state index in [9.17, 15) is 18.0 Å². The van der Waals surface area contributed by atoms with Gasteiger partial charge in [-0.2, -0.15) is 0 Å². The van der Waals surface area contributed by atoms with E-state index in [1.165, 1.54) is 41.7 Å².